The first-order valence-electron chi connectivity index (χ1n) is 4.19. The summed E-state index contributed by atoms with van der Waals surface area (Å²) in [7, 11) is 0. The summed E-state index contributed by atoms with van der Waals surface area (Å²) in [6.45, 7) is 0. The van der Waals surface area contributed by atoms with Crippen LogP contribution in [0.15, 0.2) is 18.2 Å². The third-order valence-electron chi connectivity index (χ3n) is 2.35. The van der Waals surface area contributed by atoms with Gasteiger partial charge in [-0.25, -0.2) is 4.39 Å². The molecule has 0 aromatic heterocycles. The Kier molecular flexibility index (Phi) is 1.79. The van der Waals surface area contributed by atoms with Crippen LogP contribution in [0, 0.1) is 0 Å². The van der Waals surface area contributed by atoms with Gasteiger partial charge in [-0.05, 0) is 18.9 Å². The lowest BCUT2D eigenvalue weighted by Gasteiger charge is -2.18. The first kappa shape index (κ1) is 8.23. The highest BCUT2D eigenvalue weighted by Crippen LogP contribution is 2.29. The van der Waals surface area contributed by atoms with Crippen LogP contribution in [0.3, 0.4) is 0 Å². The lowest BCUT2D eigenvalue weighted by Crippen LogP contribution is -2.23. The van der Waals surface area contributed by atoms with E-state index in [-0.39, 0.29) is 12.2 Å². The van der Waals surface area contributed by atoms with E-state index in [0.717, 1.165) is 0 Å². The van der Waals surface area contributed by atoms with Crippen LogP contribution >= 0.6 is 0 Å². The fourth-order valence-electron chi connectivity index (χ4n) is 1.64. The third-order valence-corrected chi connectivity index (χ3v) is 2.35. The highest BCUT2D eigenvalue weighted by atomic mass is 19.1. The van der Waals surface area contributed by atoms with Crippen LogP contribution in [0.1, 0.15) is 22.3 Å². The van der Waals surface area contributed by atoms with Gasteiger partial charge in [0.1, 0.15) is 5.75 Å². The van der Waals surface area contributed by atoms with Gasteiger partial charge in [-0.3, -0.25) is 4.79 Å². The molecule has 1 aromatic rings. The summed E-state index contributed by atoms with van der Waals surface area (Å²) in [4.78, 5) is 11.3. The summed E-state index contributed by atoms with van der Waals surface area (Å²) >= 11 is 0. The minimum absolute atomic E-state index is 0.0951. The quantitative estimate of drug-likeness (QED) is 0.661. The number of benzene rings is 1. The average molecular weight is 180 g/mol. The zero-order valence-corrected chi connectivity index (χ0v) is 6.96. The molecule has 0 heterocycles. The van der Waals surface area contributed by atoms with Gasteiger partial charge in [0, 0.05) is 11.1 Å². The molecule has 0 saturated carbocycles. The standard InChI is InChI=1S/C10H9FO2/c11-8-5-4-6-7(10(8)13)2-1-3-9(6)12/h1-3,8,12H,4-5H2/t8-/m0/s1. The predicted molar refractivity (Wildman–Crippen MR) is 45.7 cm³/mol. The maximum atomic E-state index is 13.0. The van der Waals surface area contributed by atoms with E-state index in [0.29, 0.717) is 17.5 Å². The molecule has 0 aliphatic heterocycles. The Labute approximate surface area is 75.0 Å². The predicted octanol–water partition coefficient (Wildman–Crippen LogP) is 1.86. The molecule has 1 aromatic carbocycles. The number of hydrogen-bond donors (Lipinski definition) is 1. The number of carbonyl (C=O) groups is 1. The number of ketones is 1. The molecule has 2 rings (SSSR count). The summed E-state index contributed by atoms with van der Waals surface area (Å²) < 4.78 is 13.0. The van der Waals surface area contributed by atoms with Gasteiger partial charge in [-0.15, -0.1) is 0 Å². The molecule has 0 amide bonds. The minimum atomic E-state index is -1.39. The Morgan fingerprint density at radius 2 is 2.23 bits per heavy atom. The zero-order chi connectivity index (χ0) is 9.42. The number of aromatic hydroxyl groups is 1. The van der Waals surface area contributed by atoms with Crippen LogP contribution in [-0.2, 0) is 6.42 Å². The largest absolute Gasteiger partial charge is 0.508 e. The number of rotatable bonds is 0. The first-order valence-corrected chi connectivity index (χ1v) is 4.19. The second kappa shape index (κ2) is 2.83. The molecule has 1 aliphatic carbocycles. The lowest BCUT2D eigenvalue weighted by atomic mass is 9.89. The molecule has 0 fully saturated rings. The topological polar surface area (TPSA) is 37.3 Å². The number of phenols is 1. The number of fused-ring (bicyclic) bond motifs is 1. The Bertz CT molecular complexity index is 360. The van der Waals surface area contributed by atoms with Crippen molar-refractivity contribution in [3.63, 3.8) is 0 Å². The molecule has 0 bridgehead atoms. The van der Waals surface area contributed by atoms with Crippen molar-refractivity contribution >= 4 is 5.78 Å². The molecule has 68 valence electrons. The number of alkyl halides is 1. The molecule has 1 aliphatic rings. The van der Waals surface area contributed by atoms with Crippen molar-refractivity contribution in [2.45, 2.75) is 19.0 Å². The molecule has 0 saturated heterocycles. The van der Waals surface area contributed by atoms with Crippen LogP contribution in [0.2, 0.25) is 0 Å². The SMILES string of the molecule is O=C1c2cccc(O)c2CC[C@@H]1F. The van der Waals surface area contributed by atoms with E-state index in [4.69, 9.17) is 0 Å². The maximum Gasteiger partial charge on any atom is 0.197 e. The van der Waals surface area contributed by atoms with Gasteiger partial charge in [0.25, 0.3) is 0 Å². The molecular weight excluding hydrogens is 171 g/mol. The highest BCUT2D eigenvalue weighted by Gasteiger charge is 2.28. The summed E-state index contributed by atoms with van der Waals surface area (Å²) in [6, 6.07) is 4.64. The van der Waals surface area contributed by atoms with Crippen molar-refractivity contribution in [2.24, 2.45) is 0 Å². The Morgan fingerprint density at radius 1 is 1.46 bits per heavy atom. The summed E-state index contributed by atoms with van der Waals surface area (Å²) in [5.74, 6) is -0.407. The van der Waals surface area contributed by atoms with E-state index in [1.54, 1.807) is 12.1 Å². The van der Waals surface area contributed by atoms with Gasteiger partial charge in [-0.2, -0.15) is 0 Å². The van der Waals surface area contributed by atoms with E-state index in [1.807, 2.05) is 0 Å². The van der Waals surface area contributed by atoms with Crippen molar-refractivity contribution < 1.29 is 14.3 Å². The van der Waals surface area contributed by atoms with Crippen molar-refractivity contribution in [3.8, 4) is 5.75 Å². The summed E-state index contributed by atoms with van der Waals surface area (Å²) in [5.41, 5.74) is 0.917. The average Bonchev–Trinajstić information content (AvgIpc) is 2.12. The van der Waals surface area contributed by atoms with Crippen LogP contribution in [0.4, 0.5) is 4.39 Å². The third kappa shape index (κ3) is 1.20. The number of halogens is 1. The molecule has 1 atom stereocenters. The first-order chi connectivity index (χ1) is 6.20. The number of carbonyl (C=O) groups excluding carboxylic acids is 1. The molecule has 3 heteroatoms. The maximum absolute atomic E-state index is 13.0. The van der Waals surface area contributed by atoms with Gasteiger partial charge >= 0.3 is 0 Å². The van der Waals surface area contributed by atoms with E-state index in [1.165, 1.54) is 6.07 Å². The second-order valence-electron chi connectivity index (χ2n) is 3.17. The van der Waals surface area contributed by atoms with Crippen LogP contribution in [0.5, 0.6) is 5.75 Å². The van der Waals surface area contributed by atoms with E-state index in [2.05, 4.69) is 0 Å². The number of phenolic OH excluding ortho intramolecular Hbond substituents is 1. The molecule has 1 N–H and O–H groups in total. The number of Topliss-reactive ketones (excluding diaryl/α,β-unsaturated/α-hetero) is 1. The Hall–Kier alpha value is -1.38. The molecule has 0 unspecified atom stereocenters. The van der Waals surface area contributed by atoms with Crippen LogP contribution < -0.4 is 0 Å². The second-order valence-corrected chi connectivity index (χ2v) is 3.17. The smallest absolute Gasteiger partial charge is 0.197 e. The monoisotopic (exact) mass is 180 g/mol. The van der Waals surface area contributed by atoms with Crippen LogP contribution in [-0.4, -0.2) is 17.1 Å². The van der Waals surface area contributed by atoms with Gasteiger partial charge in [0.15, 0.2) is 12.0 Å². The van der Waals surface area contributed by atoms with Crippen molar-refractivity contribution in [3.05, 3.63) is 29.3 Å². The van der Waals surface area contributed by atoms with Gasteiger partial charge in [0.05, 0.1) is 0 Å². The molecule has 2 nitrogen and oxygen atoms in total. The number of hydrogen-bond acceptors (Lipinski definition) is 2. The molecular formula is C10H9FO2. The van der Waals surface area contributed by atoms with Crippen LogP contribution in [0.25, 0.3) is 0 Å². The summed E-state index contributed by atoms with van der Waals surface area (Å²) in [6.07, 6.45) is -0.771. The van der Waals surface area contributed by atoms with Crippen molar-refractivity contribution in [2.75, 3.05) is 0 Å². The molecule has 0 radical (unpaired) electrons. The van der Waals surface area contributed by atoms with Crippen molar-refractivity contribution in [1.82, 2.24) is 0 Å². The van der Waals surface area contributed by atoms with Crippen molar-refractivity contribution in [1.29, 1.82) is 0 Å². The van der Waals surface area contributed by atoms with E-state index in [9.17, 15) is 14.3 Å². The van der Waals surface area contributed by atoms with E-state index >= 15 is 0 Å². The molecule has 13 heavy (non-hydrogen) atoms. The Balaban J connectivity index is 2.55. The van der Waals surface area contributed by atoms with E-state index < -0.39 is 12.0 Å². The van der Waals surface area contributed by atoms with Gasteiger partial charge < -0.3 is 5.11 Å². The summed E-state index contributed by atoms with van der Waals surface area (Å²) in [5, 5.41) is 9.39. The zero-order valence-electron chi connectivity index (χ0n) is 6.96. The normalized spacial score (nSPS) is 21.3. The van der Waals surface area contributed by atoms with Gasteiger partial charge in [0.2, 0.25) is 0 Å². The highest BCUT2D eigenvalue weighted by molar-refractivity contribution is 6.02. The Morgan fingerprint density at radius 3 is 3.00 bits per heavy atom. The minimum Gasteiger partial charge on any atom is -0.508 e. The molecule has 0 spiro atoms. The fraction of sp³-hybridized carbons (Fsp3) is 0.300. The van der Waals surface area contributed by atoms with Gasteiger partial charge in [-0.1, -0.05) is 12.1 Å². The fourth-order valence-corrected chi connectivity index (χ4v) is 1.64. The lowest BCUT2D eigenvalue weighted by molar-refractivity contribution is 0.0855.